The number of carbonyl (C=O) groups is 2. The molecule has 182 valence electrons. The molecule has 0 spiro atoms. The predicted octanol–water partition coefficient (Wildman–Crippen LogP) is 5.45. The third kappa shape index (κ3) is 6.40. The second-order valence-electron chi connectivity index (χ2n) is 8.44. The number of fused-ring (bicyclic) bond motifs is 1. The van der Waals surface area contributed by atoms with Gasteiger partial charge in [0.25, 0.3) is 0 Å². The first-order chi connectivity index (χ1) is 17.1. The van der Waals surface area contributed by atoms with E-state index in [1.807, 2.05) is 59.5 Å². The van der Waals surface area contributed by atoms with Crippen LogP contribution in [0.5, 0.6) is 0 Å². The first kappa shape index (κ1) is 25.2. The Balaban J connectivity index is 1.55. The Labute approximate surface area is 215 Å². The molecule has 0 bridgehead atoms. The van der Waals surface area contributed by atoms with E-state index in [1.165, 1.54) is 4.88 Å². The van der Waals surface area contributed by atoms with Gasteiger partial charge in [-0.05, 0) is 59.2 Å². The van der Waals surface area contributed by atoms with Crippen LogP contribution in [0.15, 0.2) is 72.1 Å². The zero-order valence-electron chi connectivity index (χ0n) is 19.7. The van der Waals surface area contributed by atoms with Crippen molar-refractivity contribution in [2.45, 2.75) is 18.9 Å². The normalized spacial score (nSPS) is 15.3. The molecule has 2 aromatic carbocycles. The molecule has 1 unspecified atom stereocenters. The highest BCUT2D eigenvalue weighted by atomic mass is 35.5. The number of amides is 2. The van der Waals surface area contributed by atoms with Gasteiger partial charge < -0.3 is 14.5 Å². The van der Waals surface area contributed by atoms with E-state index in [2.05, 4.69) is 11.4 Å². The molecular weight excluding hydrogens is 480 g/mol. The molecule has 5 nitrogen and oxygen atoms in total. The van der Waals surface area contributed by atoms with E-state index in [0.29, 0.717) is 31.1 Å². The van der Waals surface area contributed by atoms with Gasteiger partial charge in [-0.1, -0.05) is 54.1 Å². The summed E-state index contributed by atoms with van der Waals surface area (Å²) in [5.74, 6) is -0.254. The smallest absolute Gasteiger partial charge is 0.247 e. The molecule has 7 heteroatoms. The monoisotopic (exact) mass is 508 g/mol. The fourth-order valence-corrected chi connectivity index (χ4v) is 5.38. The van der Waals surface area contributed by atoms with Crippen molar-refractivity contribution >= 4 is 40.8 Å². The van der Waals surface area contributed by atoms with E-state index < -0.39 is 0 Å². The van der Waals surface area contributed by atoms with Crippen LogP contribution in [0.25, 0.3) is 6.08 Å². The van der Waals surface area contributed by atoms with Gasteiger partial charge in [0, 0.05) is 42.8 Å². The van der Waals surface area contributed by atoms with Gasteiger partial charge in [-0.3, -0.25) is 9.59 Å². The summed E-state index contributed by atoms with van der Waals surface area (Å²) < 4.78 is 5.18. The van der Waals surface area contributed by atoms with Gasteiger partial charge >= 0.3 is 0 Å². The van der Waals surface area contributed by atoms with Crippen molar-refractivity contribution in [3.05, 3.63) is 98.7 Å². The Morgan fingerprint density at radius 3 is 2.66 bits per heavy atom. The maximum absolute atomic E-state index is 13.7. The van der Waals surface area contributed by atoms with Crippen LogP contribution in [0.2, 0.25) is 5.02 Å². The fraction of sp³-hybridized carbons (Fsp3) is 0.286. The van der Waals surface area contributed by atoms with Gasteiger partial charge in [0.05, 0.1) is 6.04 Å². The number of halogens is 1. The molecule has 4 rings (SSSR count). The minimum absolute atomic E-state index is 0.0191. The topological polar surface area (TPSA) is 49.9 Å². The van der Waals surface area contributed by atoms with Crippen molar-refractivity contribution in [2.24, 2.45) is 0 Å². The maximum atomic E-state index is 13.7. The van der Waals surface area contributed by atoms with Crippen molar-refractivity contribution in [3.8, 4) is 0 Å². The summed E-state index contributed by atoms with van der Waals surface area (Å²) in [7, 11) is 1.63. The lowest BCUT2D eigenvalue weighted by atomic mass is 9.93. The van der Waals surface area contributed by atoms with Crippen LogP contribution in [0.3, 0.4) is 0 Å². The van der Waals surface area contributed by atoms with Crippen LogP contribution in [0.1, 0.15) is 34.0 Å². The molecule has 0 aliphatic carbocycles. The lowest BCUT2D eigenvalue weighted by Crippen LogP contribution is -2.46. The van der Waals surface area contributed by atoms with E-state index in [9.17, 15) is 9.59 Å². The third-order valence-electron chi connectivity index (χ3n) is 6.10. The second kappa shape index (κ2) is 12.2. The number of methoxy groups -OCH3 is 1. The molecule has 0 saturated heterocycles. The molecule has 0 saturated carbocycles. The molecule has 2 heterocycles. The summed E-state index contributed by atoms with van der Waals surface area (Å²) in [6, 6.07) is 19.2. The van der Waals surface area contributed by atoms with Crippen molar-refractivity contribution in [2.75, 3.05) is 33.4 Å². The quantitative estimate of drug-likeness (QED) is 0.285. The highest BCUT2D eigenvalue weighted by Crippen LogP contribution is 2.38. The Morgan fingerprint density at radius 2 is 1.91 bits per heavy atom. The number of ether oxygens (including phenoxy) is 1. The summed E-state index contributed by atoms with van der Waals surface area (Å²) in [6.45, 7) is 1.60. The van der Waals surface area contributed by atoms with E-state index in [0.717, 1.165) is 23.1 Å². The fourth-order valence-electron chi connectivity index (χ4n) is 4.35. The van der Waals surface area contributed by atoms with Gasteiger partial charge in [-0.15, -0.1) is 11.3 Å². The number of thiophene rings is 1. The number of hydrogen-bond acceptors (Lipinski definition) is 4. The summed E-state index contributed by atoms with van der Waals surface area (Å²) >= 11 is 7.85. The largest absolute Gasteiger partial charge is 0.385 e. The zero-order valence-corrected chi connectivity index (χ0v) is 21.3. The molecule has 1 aliphatic rings. The Morgan fingerprint density at radius 1 is 1.14 bits per heavy atom. The second-order valence-corrected chi connectivity index (χ2v) is 9.88. The number of carbonyl (C=O) groups excluding carboxylic acids is 2. The van der Waals surface area contributed by atoms with Crippen LogP contribution in [0.4, 0.5) is 0 Å². The lowest BCUT2D eigenvalue weighted by molar-refractivity contribution is -0.139. The van der Waals surface area contributed by atoms with Gasteiger partial charge in [-0.2, -0.15) is 0 Å². The Hall–Kier alpha value is -2.93. The van der Waals surface area contributed by atoms with Gasteiger partial charge in [0.1, 0.15) is 6.54 Å². The maximum Gasteiger partial charge on any atom is 0.247 e. The molecule has 0 fully saturated rings. The van der Waals surface area contributed by atoms with Crippen molar-refractivity contribution < 1.29 is 14.3 Å². The summed E-state index contributed by atoms with van der Waals surface area (Å²) in [6.07, 6.45) is 4.79. The molecule has 2 amide bonds. The number of nitrogens with zero attached hydrogens (tertiary/aromatic N) is 2. The average molecular weight is 509 g/mol. The summed E-state index contributed by atoms with van der Waals surface area (Å²) in [5, 5.41) is 2.74. The van der Waals surface area contributed by atoms with Crippen LogP contribution >= 0.6 is 22.9 Å². The van der Waals surface area contributed by atoms with Crippen LogP contribution < -0.4 is 0 Å². The molecule has 1 aliphatic heterocycles. The summed E-state index contributed by atoms with van der Waals surface area (Å²) in [4.78, 5) is 31.6. The molecule has 0 N–H and O–H groups in total. The Bertz CT molecular complexity index is 1160. The number of rotatable bonds is 9. The molecule has 35 heavy (non-hydrogen) atoms. The van der Waals surface area contributed by atoms with E-state index >= 15 is 0 Å². The zero-order chi connectivity index (χ0) is 24.6. The predicted molar refractivity (Wildman–Crippen MR) is 142 cm³/mol. The number of benzene rings is 2. The van der Waals surface area contributed by atoms with Crippen molar-refractivity contribution in [1.29, 1.82) is 0 Å². The molecule has 0 radical (unpaired) electrons. The number of hydrogen-bond donors (Lipinski definition) is 0. The van der Waals surface area contributed by atoms with Gasteiger partial charge in [-0.25, -0.2) is 0 Å². The SMILES string of the molecule is COCCCN(CC(=O)N1CCc2sccc2C1c1ccc(Cl)cc1)C(=O)C=Cc1ccccc1. The van der Waals surface area contributed by atoms with Crippen LogP contribution in [-0.4, -0.2) is 55.0 Å². The van der Waals surface area contributed by atoms with E-state index in [4.69, 9.17) is 16.3 Å². The lowest BCUT2D eigenvalue weighted by Gasteiger charge is -2.37. The minimum Gasteiger partial charge on any atom is -0.385 e. The average Bonchev–Trinajstić information content (AvgIpc) is 3.36. The van der Waals surface area contributed by atoms with Crippen LogP contribution in [-0.2, 0) is 20.7 Å². The highest BCUT2D eigenvalue weighted by Gasteiger charge is 2.33. The molecule has 3 aromatic rings. The standard InChI is InChI=1S/C28H29ClN2O3S/c1-34-18-5-16-30(26(32)13-8-21-6-3-2-4-7-21)20-27(33)31-17-14-25-24(15-19-35-25)28(31)22-9-11-23(29)12-10-22/h2-4,6-13,15,19,28H,5,14,16-18,20H2,1H3. The molecule has 1 aromatic heterocycles. The Kier molecular flexibility index (Phi) is 8.74. The van der Waals surface area contributed by atoms with Crippen molar-refractivity contribution in [3.63, 3.8) is 0 Å². The summed E-state index contributed by atoms with van der Waals surface area (Å²) in [5.41, 5.74) is 3.11. The van der Waals surface area contributed by atoms with E-state index in [-0.39, 0.29) is 24.4 Å². The first-order valence-corrected chi connectivity index (χ1v) is 12.9. The minimum atomic E-state index is -0.189. The van der Waals surface area contributed by atoms with Crippen molar-refractivity contribution in [1.82, 2.24) is 9.80 Å². The molecular formula is C28H29ClN2O3S. The van der Waals surface area contributed by atoms with Crippen LogP contribution in [0, 0.1) is 0 Å². The molecule has 1 atom stereocenters. The van der Waals surface area contributed by atoms with Gasteiger partial charge in [0.15, 0.2) is 0 Å². The third-order valence-corrected chi connectivity index (χ3v) is 7.35. The van der Waals surface area contributed by atoms with Gasteiger partial charge in [0.2, 0.25) is 11.8 Å². The first-order valence-electron chi connectivity index (χ1n) is 11.7. The van der Waals surface area contributed by atoms with E-state index in [1.54, 1.807) is 35.5 Å². The highest BCUT2D eigenvalue weighted by molar-refractivity contribution is 7.10.